The molecule has 0 saturated carbocycles. The van der Waals surface area contributed by atoms with Crippen LogP contribution in [-0.4, -0.2) is 23.4 Å². The maximum Gasteiger partial charge on any atom is 0.306 e. The Morgan fingerprint density at radius 3 is 3.00 bits per heavy atom. The molecule has 2 N–H and O–H groups in total. The molecule has 0 bridgehead atoms. The first-order valence-corrected chi connectivity index (χ1v) is 6.03. The molecule has 1 atom stereocenters. The van der Waals surface area contributed by atoms with Crippen LogP contribution in [0.3, 0.4) is 0 Å². The van der Waals surface area contributed by atoms with Crippen LogP contribution >= 0.6 is 0 Å². The van der Waals surface area contributed by atoms with Crippen molar-refractivity contribution in [2.75, 3.05) is 11.9 Å². The van der Waals surface area contributed by atoms with Gasteiger partial charge in [-0.15, -0.1) is 0 Å². The molecule has 1 saturated heterocycles. The number of hydrogen-bond donors (Lipinski definition) is 2. The van der Waals surface area contributed by atoms with Crippen molar-refractivity contribution in [2.24, 2.45) is 0 Å². The van der Waals surface area contributed by atoms with E-state index in [0.717, 1.165) is 31.5 Å². The van der Waals surface area contributed by atoms with E-state index in [-0.39, 0.29) is 17.6 Å². The van der Waals surface area contributed by atoms with E-state index in [2.05, 4.69) is 10.6 Å². The summed E-state index contributed by atoms with van der Waals surface area (Å²) < 4.78 is 13.1. The first kappa shape index (κ1) is 13.4. The van der Waals surface area contributed by atoms with Gasteiger partial charge in [0, 0.05) is 24.2 Å². The normalized spacial score (nSPS) is 18.3. The lowest BCUT2D eigenvalue weighted by molar-refractivity contribution is -0.387. The number of nitro groups is 1. The first-order chi connectivity index (χ1) is 9.06. The number of benzene rings is 1. The van der Waals surface area contributed by atoms with E-state index in [1.54, 1.807) is 0 Å². The third kappa shape index (κ3) is 3.47. The summed E-state index contributed by atoms with van der Waals surface area (Å²) in [4.78, 5) is 21.5. The van der Waals surface area contributed by atoms with Gasteiger partial charge in [0.1, 0.15) is 0 Å². The van der Waals surface area contributed by atoms with E-state index in [4.69, 9.17) is 0 Å². The molecule has 0 aromatic heterocycles. The maximum absolute atomic E-state index is 13.1. The lowest BCUT2D eigenvalue weighted by Gasteiger charge is -2.10. The highest BCUT2D eigenvalue weighted by Crippen LogP contribution is 2.22. The number of amides is 1. The van der Waals surface area contributed by atoms with Gasteiger partial charge in [0.2, 0.25) is 11.7 Å². The minimum atomic E-state index is -0.916. The second-order valence-electron chi connectivity index (χ2n) is 4.47. The van der Waals surface area contributed by atoms with Crippen molar-refractivity contribution < 1.29 is 14.1 Å². The van der Waals surface area contributed by atoms with Gasteiger partial charge in [-0.25, -0.2) is 0 Å². The molecule has 7 heteroatoms. The number of anilines is 1. The maximum atomic E-state index is 13.1. The Kier molecular flexibility index (Phi) is 4.06. The summed E-state index contributed by atoms with van der Waals surface area (Å²) in [6, 6.07) is 3.45. The van der Waals surface area contributed by atoms with Gasteiger partial charge in [0.15, 0.2) is 0 Å². The molecular formula is C12H14FN3O3. The van der Waals surface area contributed by atoms with Crippen LogP contribution < -0.4 is 10.6 Å². The number of hydrogen-bond acceptors (Lipinski definition) is 4. The fraction of sp³-hybridized carbons (Fsp3) is 0.417. The van der Waals surface area contributed by atoms with Crippen LogP contribution in [0.4, 0.5) is 15.8 Å². The summed E-state index contributed by atoms with van der Waals surface area (Å²) in [5.74, 6) is -1.15. The second kappa shape index (κ2) is 5.75. The number of rotatable bonds is 4. The van der Waals surface area contributed by atoms with Crippen molar-refractivity contribution in [3.05, 3.63) is 34.1 Å². The van der Waals surface area contributed by atoms with E-state index in [1.165, 1.54) is 6.07 Å². The van der Waals surface area contributed by atoms with Gasteiger partial charge in [0.05, 0.1) is 4.92 Å². The third-order valence-corrected chi connectivity index (χ3v) is 3.02. The van der Waals surface area contributed by atoms with Crippen LogP contribution in [0.25, 0.3) is 0 Å². The summed E-state index contributed by atoms with van der Waals surface area (Å²) in [6.07, 6.45) is 2.29. The van der Waals surface area contributed by atoms with Crippen LogP contribution in [0.2, 0.25) is 0 Å². The van der Waals surface area contributed by atoms with Gasteiger partial charge in [0.25, 0.3) is 0 Å². The third-order valence-electron chi connectivity index (χ3n) is 3.02. The Labute approximate surface area is 109 Å². The monoisotopic (exact) mass is 267 g/mol. The molecule has 1 unspecified atom stereocenters. The molecule has 2 rings (SSSR count). The standard InChI is InChI=1S/C12H14FN3O3/c13-10-4-3-9(6-11(10)16(18)19)15-12(17)7-8-2-1-5-14-8/h3-4,6,8,14H,1-2,5,7H2,(H,15,17). The summed E-state index contributed by atoms with van der Waals surface area (Å²) >= 11 is 0. The number of carbonyl (C=O) groups excluding carboxylic acids is 1. The quantitative estimate of drug-likeness (QED) is 0.643. The highest BCUT2D eigenvalue weighted by Gasteiger charge is 2.19. The molecule has 1 aliphatic rings. The van der Waals surface area contributed by atoms with Gasteiger partial charge in [-0.2, -0.15) is 4.39 Å². The number of nitrogens with one attached hydrogen (secondary N) is 2. The molecule has 1 fully saturated rings. The highest BCUT2D eigenvalue weighted by molar-refractivity contribution is 5.91. The van der Waals surface area contributed by atoms with E-state index in [9.17, 15) is 19.3 Å². The van der Waals surface area contributed by atoms with Crippen molar-refractivity contribution in [1.82, 2.24) is 5.32 Å². The van der Waals surface area contributed by atoms with Crippen molar-refractivity contribution in [3.8, 4) is 0 Å². The molecule has 1 heterocycles. The Morgan fingerprint density at radius 2 is 2.37 bits per heavy atom. The molecule has 0 spiro atoms. The Balaban J connectivity index is 2.00. The Morgan fingerprint density at radius 1 is 1.58 bits per heavy atom. The topological polar surface area (TPSA) is 84.3 Å². The first-order valence-electron chi connectivity index (χ1n) is 6.03. The highest BCUT2D eigenvalue weighted by atomic mass is 19.1. The molecule has 1 aromatic carbocycles. The summed E-state index contributed by atoms with van der Waals surface area (Å²) in [7, 11) is 0. The average molecular weight is 267 g/mol. The van der Waals surface area contributed by atoms with Crippen molar-refractivity contribution >= 4 is 17.3 Å². The fourth-order valence-electron chi connectivity index (χ4n) is 2.10. The van der Waals surface area contributed by atoms with E-state index >= 15 is 0 Å². The van der Waals surface area contributed by atoms with Gasteiger partial charge < -0.3 is 10.6 Å². The summed E-state index contributed by atoms with van der Waals surface area (Å²) in [5, 5.41) is 16.3. The molecule has 102 valence electrons. The number of nitrogens with zero attached hydrogens (tertiary/aromatic N) is 1. The summed E-state index contributed by atoms with van der Waals surface area (Å²) in [6.45, 7) is 0.903. The molecule has 0 aliphatic carbocycles. The fourth-order valence-corrected chi connectivity index (χ4v) is 2.10. The smallest absolute Gasteiger partial charge is 0.306 e. The molecule has 6 nitrogen and oxygen atoms in total. The average Bonchev–Trinajstić information content (AvgIpc) is 2.84. The Bertz CT molecular complexity index is 501. The second-order valence-corrected chi connectivity index (χ2v) is 4.47. The van der Waals surface area contributed by atoms with E-state index in [1.807, 2.05) is 0 Å². The van der Waals surface area contributed by atoms with Crippen LogP contribution in [0.15, 0.2) is 18.2 Å². The zero-order chi connectivity index (χ0) is 13.8. The van der Waals surface area contributed by atoms with E-state index < -0.39 is 16.4 Å². The molecule has 1 aliphatic heterocycles. The van der Waals surface area contributed by atoms with Crippen molar-refractivity contribution in [2.45, 2.75) is 25.3 Å². The van der Waals surface area contributed by atoms with Crippen LogP contribution in [0.1, 0.15) is 19.3 Å². The predicted molar refractivity (Wildman–Crippen MR) is 67.3 cm³/mol. The lowest BCUT2D eigenvalue weighted by atomic mass is 10.1. The summed E-state index contributed by atoms with van der Waals surface area (Å²) in [5.41, 5.74) is -0.409. The Hall–Kier alpha value is -2.02. The zero-order valence-corrected chi connectivity index (χ0v) is 10.2. The van der Waals surface area contributed by atoms with Gasteiger partial charge in [-0.1, -0.05) is 0 Å². The molecule has 19 heavy (non-hydrogen) atoms. The van der Waals surface area contributed by atoms with Crippen molar-refractivity contribution in [3.63, 3.8) is 0 Å². The minimum absolute atomic E-state index is 0.149. The molecule has 0 radical (unpaired) electrons. The SMILES string of the molecule is O=C(CC1CCCN1)Nc1ccc(F)c([N+](=O)[O-])c1. The van der Waals surface area contributed by atoms with Crippen molar-refractivity contribution in [1.29, 1.82) is 0 Å². The van der Waals surface area contributed by atoms with Gasteiger partial charge in [-0.05, 0) is 31.5 Å². The van der Waals surface area contributed by atoms with Gasteiger partial charge >= 0.3 is 5.69 Å². The minimum Gasteiger partial charge on any atom is -0.326 e. The van der Waals surface area contributed by atoms with E-state index in [0.29, 0.717) is 6.42 Å². The lowest BCUT2D eigenvalue weighted by Crippen LogP contribution is -2.27. The van der Waals surface area contributed by atoms with Crippen LogP contribution in [-0.2, 0) is 4.79 Å². The van der Waals surface area contributed by atoms with Crippen LogP contribution in [0.5, 0.6) is 0 Å². The molecular weight excluding hydrogens is 253 g/mol. The number of halogens is 1. The van der Waals surface area contributed by atoms with Crippen LogP contribution in [0, 0.1) is 15.9 Å². The zero-order valence-electron chi connectivity index (χ0n) is 10.2. The number of nitro benzene ring substituents is 1. The van der Waals surface area contributed by atoms with Gasteiger partial charge in [-0.3, -0.25) is 14.9 Å². The molecule has 1 aromatic rings. The number of carbonyl (C=O) groups is 1. The molecule has 1 amide bonds. The predicted octanol–water partition coefficient (Wildman–Crippen LogP) is 1.81. The largest absolute Gasteiger partial charge is 0.326 e.